The van der Waals surface area contributed by atoms with E-state index in [0.717, 1.165) is 24.0 Å². The summed E-state index contributed by atoms with van der Waals surface area (Å²) in [7, 11) is 2.20. The number of carbonyl (C=O) groups is 1. The number of hydrogen-bond acceptors (Lipinski definition) is 3. The number of rotatable bonds is 3. The Morgan fingerprint density at radius 1 is 0.958 bits per heavy atom. The van der Waals surface area contributed by atoms with Crippen LogP contribution in [0.15, 0.2) is 54.6 Å². The van der Waals surface area contributed by atoms with Crippen molar-refractivity contribution in [2.24, 2.45) is 0 Å². The molecular weight excluding hydrogens is 298 g/mol. The zero-order valence-electron chi connectivity index (χ0n) is 14.0. The van der Waals surface area contributed by atoms with Gasteiger partial charge >= 0.3 is 5.97 Å². The Hall–Kier alpha value is -2.13. The van der Waals surface area contributed by atoms with Gasteiger partial charge in [-0.15, -0.1) is 0 Å². The predicted octanol–water partition coefficient (Wildman–Crippen LogP) is 4.14. The Balaban J connectivity index is 1.54. The molecule has 124 valence electrons. The smallest absolute Gasteiger partial charge is 0.339 e. The molecule has 2 saturated heterocycles. The standard InChI is InChI=1S/C21H23NO2/c1-22-16-11-12-17(22)14-18(13-16)24-21(23)20-10-6-5-9-19(20)15-7-3-2-4-8-15/h2-10,16-18H,11-14H2,1H3/t16-,17+,18?. The summed E-state index contributed by atoms with van der Waals surface area (Å²) >= 11 is 0. The number of carbonyl (C=O) groups excluding carboxylic acids is 1. The second-order valence-corrected chi connectivity index (χ2v) is 6.96. The lowest BCUT2D eigenvalue weighted by molar-refractivity contribution is -0.000374. The molecule has 0 N–H and O–H groups in total. The third kappa shape index (κ3) is 2.84. The summed E-state index contributed by atoms with van der Waals surface area (Å²) in [5.41, 5.74) is 2.66. The molecule has 2 heterocycles. The number of esters is 1. The largest absolute Gasteiger partial charge is 0.459 e. The molecule has 2 aliphatic heterocycles. The molecule has 0 aliphatic carbocycles. The monoisotopic (exact) mass is 321 g/mol. The van der Waals surface area contributed by atoms with Crippen molar-refractivity contribution in [3.05, 3.63) is 60.2 Å². The van der Waals surface area contributed by atoms with Gasteiger partial charge < -0.3 is 9.64 Å². The van der Waals surface area contributed by atoms with E-state index in [0.29, 0.717) is 17.6 Å². The molecule has 0 aromatic heterocycles. The molecule has 0 spiro atoms. The summed E-state index contributed by atoms with van der Waals surface area (Å²) < 4.78 is 5.90. The van der Waals surface area contributed by atoms with E-state index in [4.69, 9.17) is 4.74 Å². The highest BCUT2D eigenvalue weighted by Gasteiger charge is 2.40. The molecular formula is C21H23NO2. The fraction of sp³-hybridized carbons (Fsp3) is 0.381. The fourth-order valence-electron chi connectivity index (χ4n) is 4.20. The highest BCUT2D eigenvalue weighted by Crippen LogP contribution is 2.36. The lowest BCUT2D eigenvalue weighted by Gasteiger charge is -2.35. The van der Waals surface area contributed by atoms with E-state index < -0.39 is 0 Å². The van der Waals surface area contributed by atoms with Gasteiger partial charge in [-0.3, -0.25) is 0 Å². The Labute approximate surface area is 143 Å². The van der Waals surface area contributed by atoms with E-state index in [2.05, 4.69) is 11.9 Å². The van der Waals surface area contributed by atoms with Gasteiger partial charge in [0.05, 0.1) is 5.56 Å². The normalized spacial score (nSPS) is 26.3. The zero-order valence-corrected chi connectivity index (χ0v) is 14.0. The highest BCUT2D eigenvalue weighted by atomic mass is 16.5. The first-order chi connectivity index (χ1) is 11.7. The van der Waals surface area contributed by atoms with E-state index in [-0.39, 0.29) is 12.1 Å². The Morgan fingerprint density at radius 3 is 2.29 bits per heavy atom. The van der Waals surface area contributed by atoms with E-state index in [9.17, 15) is 4.79 Å². The predicted molar refractivity (Wildman–Crippen MR) is 94.9 cm³/mol. The maximum absolute atomic E-state index is 12.8. The van der Waals surface area contributed by atoms with Crippen LogP contribution in [0.3, 0.4) is 0 Å². The molecule has 0 radical (unpaired) electrons. The molecule has 1 unspecified atom stereocenters. The number of ether oxygens (including phenoxy) is 1. The van der Waals surface area contributed by atoms with Crippen molar-refractivity contribution in [3.63, 3.8) is 0 Å². The molecule has 4 rings (SSSR count). The Morgan fingerprint density at radius 2 is 1.58 bits per heavy atom. The lowest BCUT2D eigenvalue weighted by Crippen LogP contribution is -2.43. The van der Waals surface area contributed by atoms with Crippen LogP contribution < -0.4 is 0 Å². The first kappa shape index (κ1) is 15.4. The number of benzene rings is 2. The second kappa shape index (κ2) is 6.40. The van der Waals surface area contributed by atoms with Crippen LogP contribution >= 0.6 is 0 Å². The van der Waals surface area contributed by atoms with Crippen LogP contribution in [0.2, 0.25) is 0 Å². The van der Waals surface area contributed by atoms with E-state index in [1.807, 2.05) is 54.6 Å². The number of hydrogen-bond donors (Lipinski definition) is 0. The first-order valence-electron chi connectivity index (χ1n) is 8.80. The van der Waals surface area contributed by atoms with Crippen LogP contribution in [-0.4, -0.2) is 36.1 Å². The van der Waals surface area contributed by atoms with Gasteiger partial charge in [0.25, 0.3) is 0 Å². The number of fused-ring (bicyclic) bond motifs is 2. The van der Waals surface area contributed by atoms with Crippen LogP contribution in [-0.2, 0) is 4.74 Å². The summed E-state index contributed by atoms with van der Waals surface area (Å²) in [6, 6.07) is 18.9. The maximum atomic E-state index is 12.8. The van der Waals surface area contributed by atoms with Crippen molar-refractivity contribution in [2.45, 2.75) is 43.9 Å². The average Bonchev–Trinajstić information content (AvgIpc) is 2.84. The van der Waals surface area contributed by atoms with E-state index in [1.165, 1.54) is 12.8 Å². The van der Waals surface area contributed by atoms with Gasteiger partial charge in [-0.2, -0.15) is 0 Å². The van der Waals surface area contributed by atoms with Gasteiger partial charge in [0, 0.05) is 24.9 Å². The summed E-state index contributed by atoms with van der Waals surface area (Å²) in [6.07, 6.45) is 4.44. The number of piperidine rings is 1. The summed E-state index contributed by atoms with van der Waals surface area (Å²) in [4.78, 5) is 15.2. The Bertz CT molecular complexity index is 714. The molecule has 0 saturated carbocycles. The van der Waals surface area contributed by atoms with Crippen molar-refractivity contribution >= 4 is 5.97 Å². The third-order valence-electron chi connectivity index (χ3n) is 5.56. The average molecular weight is 321 g/mol. The first-order valence-corrected chi connectivity index (χ1v) is 8.80. The maximum Gasteiger partial charge on any atom is 0.339 e. The van der Waals surface area contributed by atoms with Crippen molar-refractivity contribution < 1.29 is 9.53 Å². The minimum absolute atomic E-state index is 0.0510. The van der Waals surface area contributed by atoms with Crippen LogP contribution in [0.1, 0.15) is 36.0 Å². The molecule has 3 nitrogen and oxygen atoms in total. The highest BCUT2D eigenvalue weighted by molar-refractivity contribution is 5.97. The number of nitrogens with zero attached hydrogens (tertiary/aromatic N) is 1. The van der Waals surface area contributed by atoms with Crippen molar-refractivity contribution in [3.8, 4) is 11.1 Å². The molecule has 24 heavy (non-hydrogen) atoms. The lowest BCUT2D eigenvalue weighted by atomic mass is 9.98. The second-order valence-electron chi connectivity index (χ2n) is 6.96. The van der Waals surface area contributed by atoms with Gasteiger partial charge in [-0.1, -0.05) is 48.5 Å². The molecule has 3 heteroatoms. The van der Waals surface area contributed by atoms with Crippen molar-refractivity contribution in [2.75, 3.05) is 7.05 Å². The van der Waals surface area contributed by atoms with Crippen LogP contribution in [0.4, 0.5) is 0 Å². The van der Waals surface area contributed by atoms with Gasteiger partial charge in [0.1, 0.15) is 6.10 Å². The molecule has 3 atom stereocenters. The van der Waals surface area contributed by atoms with E-state index >= 15 is 0 Å². The minimum Gasteiger partial charge on any atom is -0.459 e. The van der Waals surface area contributed by atoms with Crippen LogP contribution in [0.5, 0.6) is 0 Å². The van der Waals surface area contributed by atoms with Gasteiger partial charge in [0.15, 0.2) is 0 Å². The fourth-order valence-corrected chi connectivity index (χ4v) is 4.20. The SMILES string of the molecule is CN1[C@@H]2CC[C@H]1CC(OC(=O)c1ccccc1-c1ccccc1)C2. The van der Waals surface area contributed by atoms with Crippen LogP contribution in [0, 0.1) is 0 Å². The molecule has 0 amide bonds. The summed E-state index contributed by atoms with van der Waals surface area (Å²) in [5, 5.41) is 0. The molecule has 2 aromatic rings. The summed E-state index contributed by atoms with van der Waals surface area (Å²) in [5.74, 6) is -0.191. The zero-order chi connectivity index (χ0) is 16.5. The van der Waals surface area contributed by atoms with Crippen molar-refractivity contribution in [1.29, 1.82) is 0 Å². The molecule has 2 bridgehead atoms. The van der Waals surface area contributed by atoms with Crippen LogP contribution in [0.25, 0.3) is 11.1 Å². The quantitative estimate of drug-likeness (QED) is 0.796. The van der Waals surface area contributed by atoms with Gasteiger partial charge in [-0.25, -0.2) is 4.79 Å². The topological polar surface area (TPSA) is 29.5 Å². The van der Waals surface area contributed by atoms with E-state index in [1.54, 1.807) is 0 Å². The third-order valence-corrected chi connectivity index (χ3v) is 5.56. The Kier molecular flexibility index (Phi) is 4.11. The van der Waals surface area contributed by atoms with Gasteiger partial charge in [0.2, 0.25) is 0 Å². The minimum atomic E-state index is -0.191. The molecule has 2 aromatic carbocycles. The molecule has 2 aliphatic rings. The van der Waals surface area contributed by atoms with Crippen molar-refractivity contribution in [1.82, 2.24) is 4.90 Å². The van der Waals surface area contributed by atoms with Gasteiger partial charge in [-0.05, 0) is 37.1 Å². The summed E-state index contributed by atoms with van der Waals surface area (Å²) in [6.45, 7) is 0. The molecule has 2 fully saturated rings.